The maximum absolute atomic E-state index is 13.6. The van der Waals surface area contributed by atoms with E-state index in [0.717, 1.165) is 6.07 Å². The van der Waals surface area contributed by atoms with E-state index < -0.39 is 17.7 Å². The van der Waals surface area contributed by atoms with Gasteiger partial charge in [-0.25, -0.2) is 9.18 Å². The van der Waals surface area contributed by atoms with Gasteiger partial charge in [-0.05, 0) is 30.3 Å². The highest BCUT2D eigenvalue weighted by Gasteiger charge is 2.17. The van der Waals surface area contributed by atoms with Gasteiger partial charge in [0.2, 0.25) is 0 Å². The summed E-state index contributed by atoms with van der Waals surface area (Å²) in [5.41, 5.74) is -0.342. The Balaban J connectivity index is 2.36. The summed E-state index contributed by atoms with van der Waals surface area (Å²) < 4.78 is 13.6. The second kappa shape index (κ2) is 6.11. The largest absolute Gasteiger partial charge is 0.478 e. The average Bonchev–Trinajstić information content (AvgIpc) is 2.40. The van der Waals surface area contributed by atoms with Gasteiger partial charge in [0.15, 0.2) is 0 Å². The quantitative estimate of drug-likeness (QED) is 0.892. The lowest BCUT2D eigenvalue weighted by molar-refractivity contribution is 0.0696. The number of anilines is 1. The lowest BCUT2D eigenvalue weighted by Gasteiger charge is -2.10. The van der Waals surface area contributed by atoms with Crippen molar-refractivity contribution in [2.24, 2.45) is 0 Å². The molecule has 2 aromatic rings. The van der Waals surface area contributed by atoms with E-state index in [9.17, 15) is 14.0 Å². The van der Waals surface area contributed by atoms with Crippen LogP contribution in [-0.2, 0) is 0 Å². The number of hydrogen-bond acceptors (Lipinski definition) is 2. The fraction of sp³-hybridized carbons (Fsp3) is 0. The van der Waals surface area contributed by atoms with Crippen molar-refractivity contribution in [1.29, 1.82) is 0 Å². The van der Waals surface area contributed by atoms with Crippen LogP contribution in [0.1, 0.15) is 20.7 Å². The molecule has 0 aliphatic rings. The highest BCUT2D eigenvalue weighted by molar-refractivity contribution is 6.36. The van der Waals surface area contributed by atoms with Crippen LogP contribution in [0.3, 0.4) is 0 Å². The molecular formula is C14H8Cl2FNO3. The molecule has 0 aliphatic carbocycles. The molecule has 108 valence electrons. The number of rotatable bonds is 3. The van der Waals surface area contributed by atoms with Gasteiger partial charge >= 0.3 is 5.97 Å². The monoisotopic (exact) mass is 327 g/mol. The van der Waals surface area contributed by atoms with Crippen molar-refractivity contribution in [3.8, 4) is 0 Å². The van der Waals surface area contributed by atoms with Crippen LogP contribution >= 0.6 is 23.2 Å². The van der Waals surface area contributed by atoms with E-state index in [1.54, 1.807) is 0 Å². The summed E-state index contributed by atoms with van der Waals surface area (Å²) in [5.74, 6) is -2.78. The predicted molar refractivity (Wildman–Crippen MR) is 77.8 cm³/mol. The molecule has 0 aliphatic heterocycles. The SMILES string of the molecule is O=C(O)c1ccc(Cl)c(NC(=O)c2c(F)cccc2Cl)c1. The zero-order valence-electron chi connectivity index (χ0n) is 10.4. The maximum Gasteiger partial charge on any atom is 0.335 e. The van der Waals surface area contributed by atoms with Crippen LogP contribution in [-0.4, -0.2) is 17.0 Å². The molecular weight excluding hydrogens is 320 g/mol. The molecule has 0 fully saturated rings. The molecule has 7 heteroatoms. The molecule has 4 nitrogen and oxygen atoms in total. The van der Waals surface area contributed by atoms with E-state index in [-0.39, 0.29) is 26.9 Å². The molecule has 0 radical (unpaired) electrons. The molecule has 21 heavy (non-hydrogen) atoms. The van der Waals surface area contributed by atoms with Crippen molar-refractivity contribution in [2.75, 3.05) is 5.32 Å². The summed E-state index contributed by atoms with van der Waals surface area (Å²) >= 11 is 11.7. The van der Waals surface area contributed by atoms with E-state index in [4.69, 9.17) is 28.3 Å². The molecule has 0 unspecified atom stereocenters. The Labute approximate surface area is 129 Å². The summed E-state index contributed by atoms with van der Waals surface area (Å²) in [5, 5.41) is 11.3. The van der Waals surface area contributed by atoms with Gasteiger partial charge in [0.1, 0.15) is 5.82 Å². The molecule has 0 saturated carbocycles. The van der Waals surface area contributed by atoms with E-state index in [1.807, 2.05) is 0 Å². The first-order chi connectivity index (χ1) is 9.90. The predicted octanol–water partition coefficient (Wildman–Crippen LogP) is 4.08. The lowest BCUT2D eigenvalue weighted by atomic mass is 10.1. The molecule has 2 rings (SSSR count). The van der Waals surface area contributed by atoms with E-state index in [2.05, 4.69) is 5.32 Å². The van der Waals surface area contributed by atoms with Crippen molar-refractivity contribution >= 4 is 40.8 Å². The zero-order valence-corrected chi connectivity index (χ0v) is 11.9. The first-order valence-corrected chi connectivity index (χ1v) is 6.44. The van der Waals surface area contributed by atoms with E-state index in [0.29, 0.717) is 0 Å². The standard InChI is InChI=1S/C14H8Cl2FNO3/c15-8-5-4-7(14(20)21)6-11(8)18-13(19)12-9(16)2-1-3-10(12)17/h1-6H,(H,18,19)(H,20,21). The fourth-order valence-electron chi connectivity index (χ4n) is 1.65. The zero-order chi connectivity index (χ0) is 15.6. The molecule has 2 aromatic carbocycles. The number of halogens is 3. The van der Waals surface area contributed by atoms with Crippen LogP contribution < -0.4 is 5.32 Å². The number of hydrogen-bond donors (Lipinski definition) is 2. The Morgan fingerprint density at radius 3 is 2.43 bits per heavy atom. The molecule has 0 bridgehead atoms. The van der Waals surface area contributed by atoms with Crippen molar-refractivity contribution in [3.63, 3.8) is 0 Å². The number of carboxylic acid groups (broad SMARTS) is 1. The Bertz CT molecular complexity index is 714. The Morgan fingerprint density at radius 2 is 1.81 bits per heavy atom. The third-order valence-electron chi connectivity index (χ3n) is 2.65. The smallest absolute Gasteiger partial charge is 0.335 e. The van der Waals surface area contributed by atoms with Crippen molar-refractivity contribution in [2.45, 2.75) is 0 Å². The average molecular weight is 328 g/mol. The number of nitrogens with one attached hydrogen (secondary N) is 1. The van der Waals surface area contributed by atoms with Gasteiger partial charge in [0.05, 0.1) is 26.9 Å². The highest BCUT2D eigenvalue weighted by atomic mass is 35.5. The van der Waals surface area contributed by atoms with Crippen LogP contribution in [0, 0.1) is 5.82 Å². The van der Waals surface area contributed by atoms with Gasteiger partial charge in [-0.1, -0.05) is 29.3 Å². The first kappa shape index (κ1) is 15.3. The van der Waals surface area contributed by atoms with Gasteiger partial charge in [0.25, 0.3) is 5.91 Å². The number of amides is 1. The minimum Gasteiger partial charge on any atom is -0.478 e. The van der Waals surface area contributed by atoms with Crippen molar-refractivity contribution in [3.05, 3.63) is 63.4 Å². The summed E-state index contributed by atoms with van der Waals surface area (Å²) in [7, 11) is 0. The van der Waals surface area contributed by atoms with Crippen LogP contribution in [0.2, 0.25) is 10.0 Å². The number of carboxylic acids is 1. The van der Waals surface area contributed by atoms with Gasteiger partial charge < -0.3 is 10.4 Å². The van der Waals surface area contributed by atoms with Crippen molar-refractivity contribution < 1.29 is 19.1 Å². The molecule has 0 saturated heterocycles. The third-order valence-corrected chi connectivity index (χ3v) is 3.30. The molecule has 0 spiro atoms. The summed E-state index contributed by atoms with van der Waals surface area (Å²) in [6.07, 6.45) is 0. The first-order valence-electron chi connectivity index (χ1n) is 5.68. The number of aromatic carboxylic acids is 1. The molecule has 1 amide bonds. The Kier molecular flexibility index (Phi) is 4.45. The number of benzene rings is 2. The van der Waals surface area contributed by atoms with Gasteiger partial charge in [0, 0.05) is 0 Å². The van der Waals surface area contributed by atoms with Crippen LogP contribution in [0.5, 0.6) is 0 Å². The minimum absolute atomic E-state index is 0.0564. The summed E-state index contributed by atoms with van der Waals surface area (Å²) in [6, 6.07) is 7.62. The fourth-order valence-corrected chi connectivity index (χ4v) is 2.07. The van der Waals surface area contributed by atoms with E-state index >= 15 is 0 Å². The van der Waals surface area contributed by atoms with E-state index in [1.165, 1.54) is 30.3 Å². The van der Waals surface area contributed by atoms with Crippen LogP contribution in [0.4, 0.5) is 10.1 Å². The Morgan fingerprint density at radius 1 is 1.10 bits per heavy atom. The van der Waals surface area contributed by atoms with Crippen LogP contribution in [0.25, 0.3) is 0 Å². The van der Waals surface area contributed by atoms with Gasteiger partial charge in [-0.3, -0.25) is 4.79 Å². The second-order valence-electron chi connectivity index (χ2n) is 4.05. The molecule has 0 aromatic heterocycles. The molecule has 0 atom stereocenters. The van der Waals surface area contributed by atoms with Gasteiger partial charge in [-0.15, -0.1) is 0 Å². The van der Waals surface area contributed by atoms with Gasteiger partial charge in [-0.2, -0.15) is 0 Å². The lowest BCUT2D eigenvalue weighted by Crippen LogP contribution is -2.15. The Hall–Kier alpha value is -2.11. The number of carbonyl (C=O) groups is 2. The molecule has 2 N–H and O–H groups in total. The topological polar surface area (TPSA) is 66.4 Å². The van der Waals surface area contributed by atoms with Crippen LogP contribution in [0.15, 0.2) is 36.4 Å². The molecule has 0 heterocycles. The minimum atomic E-state index is -1.17. The summed E-state index contributed by atoms with van der Waals surface area (Å²) in [6.45, 7) is 0. The second-order valence-corrected chi connectivity index (χ2v) is 4.86. The third kappa shape index (κ3) is 3.32. The summed E-state index contributed by atoms with van der Waals surface area (Å²) in [4.78, 5) is 22.9. The normalized spacial score (nSPS) is 10.2. The number of carbonyl (C=O) groups excluding carboxylic acids is 1. The van der Waals surface area contributed by atoms with Crippen molar-refractivity contribution in [1.82, 2.24) is 0 Å². The highest BCUT2D eigenvalue weighted by Crippen LogP contribution is 2.26. The maximum atomic E-state index is 13.6.